The Hall–Kier alpha value is -6.97. The van der Waals surface area contributed by atoms with E-state index in [0.717, 1.165) is 86.9 Å². The molecule has 0 aromatic carbocycles. The zero-order valence-corrected chi connectivity index (χ0v) is 36.6. The third kappa shape index (κ3) is 10.1. The first kappa shape index (κ1) is 43.7. The second-order valence-electron chi connectivity index (χ2n) is 15.8. The number of hydrogen-bond acceptors (Lipinski definition) is 17. The number of carbonyl (C=O) groups is 2. The zero-order chi connectivity index (χ0) is 44.6. The second-order valence-corrected chi connectivity index (χ2v) is 15.8. The lowest BCUT2D eigenvalue weighted by molar-refractivity contribution is -0.119. The number of allylic oxidation sites excluding steroid dienone is 2. The molecule has 4 N–H and O–H groups in total. The Morgan fingerprint density at radius 1 is 0.688 bits per heavy atom. The molecule has 21 nitrogen and oxygen atoms in total. The van der Waals surface area contributed by atoms with E-state index in [1.165, 1.54) is 0 Å². The van der Waals surface area contributed by atoms with Crippen LogP contribution in [0.5, 0.6) is 0 Å². The number of hydrogen-bond donors (Lipinski definition) is 4. The zero-order valence-electron chi connectivity index (χ0n) is 36.6. The molecule has 4 aliphatic heterocycles. The maximum absolute atomic E-state index is 11.8. The van der Waals surface area contributed by atoms with Gasteiger partial charge in [0.2, 0.25) is 35.6 Å². The smallest absolute Gasteiger partial charge is 0.230 e. The number of ether oxygens (including phenoxy) is 2. The predicted octanol–water partition coefficient (Wildman–Crippen LogP) is 2.06. The van der Waals surface area contributed by atoms with Gasteiger partial charge in [-0.2, -0.15) is 39.2 Å². The standard InChI is InChI=1S/C23H27N9O2.C20H28N8O2/c1-16-17(14-20(33)27-16)13-18-15-26-32-21(18)28-23(29-22(32)25-7-12-34-2)31-10-8-30(9-11-31)19-5-3-4-6-24-19;1-14-15(12-17(29)23-14)11-16-13-22-28-18(16)24-20(25-19(28)21-5-10-30-3)27-7-4-6-26(2)8-9-27/h3-6,13,15H,1,7-12,14H2,2H3,(H,27,33)(H,25,28,29);11,13H,1,4-10,12H2,2-3H3,(H,23,29)(H,21,24,25)/b17-13+;15-11+. The molecule has 0 aliphatic carbocycles. The highest BCUT2D eigenvalue weighted by atomic mass is 16.5. The molecular weight excluding hydrogens is 819 g/mol. The van der Waals surface area contributed by atoms with Crippen molar-refractivity contribution in [2.45, 2.75) is 19.3 Å². The molecule has 64 heavy (non-hydrogen) atoms. The van der Waals surface area contributed by atoms with Crippen LogP contribution in [0.2, 0.25) is 0 Å². The fourth-order valence-electron chi connectivity index (χ4n) is 7.73. The molecule has 0 unspecified atom stereocenters. The first-order valence-corrected chi connectivity index (χ1v) is 21.4. The first-order valence-electron chi connectivity index (χ1n) is 21.4. The van der Waals surface area contributed by atoms with Gasteiger partial charge >= 0.3 is 0 Å². The molecule has 4 fully saturated rings. The molecule has 2 amide bonds. The van der Waals surface area contributed by atoms with E-state index in [4.69, 9.17) is 29.4 Å². The summed E-state index contributed by atoms with van der Waals surface area (Å²) in [7, 11) is 5.46. The van der Waals surface area contributed by atoms with Crippen LogP contribution in [0.1, 0.15) is 30.4 Å². The normalized spacial score (nSPS) is 18.5. The minimum Gasteiger partial charge on any atom is -0.383 e. The number of carbonyl (C=O) groups excluding carboxylic acids is 2. The van der Waals surface area contributed by atoms with Gasteiger partial charge in [0.1, 0.15) is 5.82 Å². The number of methoxy groups -OCH3 is 2. The van der Waals surface area contributed by atoms with E-state index in [-0.39, 0.29) is 11.8 Å². The molecule has 5 aromatic rings. The molecule has 336 valence electrons. The first-order chi connectivity index (χ1) is 31.2. The molecule has 9 rings (SSSR count). The van der Waals surface area contributed by atoms with Gasteiger partial charge < -0.3 is 50.3 Å². The Kier molecular flexibility index (Phi) is 13.7. The van der Waals surface area contributed by atoms with Gasteiger partial charge in [0, 0.05) is 102 Å². The average Bonchev–Trinajstić information content (AvgIpc) is 4.03. The summed E-state index contributed by atoms with van der Waals surface area (Å²) in [6.45, 7) is 17.1. The van der Waals surface area contributed by atoms with Crippen molar-refractivity contribution in [1.29, 1.82) is 0 Å². The van der Waals surface area contributed by atoms with Crippen LogP contribution < -0.4 is 36.0 Å². The van der Waals surface area contributed by atoms with Gasteiger partial charge in [-0.1, -0.05) is 19.2 Å². The molecule has 5 aromatic heterocycles. The highest BCUT2D eigenvalue weighted by Gasteiger charge is 2.25. The van der Waals surface area contributed by atoms with Gasteiger partial charge in [0.15, 0.2) is 11.3 Å². The quantitative estimate of drug-likeness (QED) is 0.125. The lowest BCUT2D eigenvalue weighted by atomic mass is 10.1. The Morgan fingerprint density at radius 2 is 1.20 bits per heavy atom. The van der Waals surface area contributed by atoms with E-state index in [2.05, 4.69) is 76.3 Å². The monoisotopic (exact) mass is 873 g/mol. The molecule has 0 radical (unpaired) electrons. The van der Waals surface area contributed by atoms with Crippen LogP contribution >= 0.6 is 0 Å². The third-order valence-electron chi connectivity index (χ3n) is 11.2. The Balaban J connectivity index is 0.000000176. The fourth-order valence-corrected chi connectivity index (χ4v) is 7.73. The summed E-state index contributed by atoms with van der Waals surface area (Å²) in [4.78, 5) is 56.1. The fraction of sp³-hybridized carbons (Fsp3) is 0.419. The van der Waals surface area contributed by atoms with Crippen LogP contribution in [0.3, 0.4) is 0 Å². The van der Waals surface area contributed by atoms with Crippen molar-refractivity contribution in [2.75, 3.05) is 125 Å². The number of pyridine rings is 1. The number of rotatable bonds is 13. The second kappa shape index (κ2) is 20.0. The van der Waals surface area contributed by atoms with Gasteiger partial charge in [0.25, 0.3) is 0 Å². The van der Waals surface area contributed by atoms with Crippen molar-refractivity contribution < 1.29 is 19.1 Å². The highest BCUT2D eigenvalue weighted by Crippen LogP contribution is 2.27. The van der Waals surface area contributed by atoms with E-state index in [1.54, 1.807) is 35.6 Å². The van der Waals surface area contributed by atoms with Crippen LogP contribution in [0, 0.1) is 0 Å². The lowest BCUT2D eigenvalue weighted by Gasteiger charge is -2.35. The van der Waals surface area contributed by atoms with E-state index in [1.807, 2.05) is 36.5 Å². The summed E-state index contributed by atoms with van der Waals surface area (Å²) >= 11 is 0. The Bertz CT molecular complexity index is 2560. The Morgan fingerprint density at radius 3 is 1.69 bits per heavy atom. The molecule has 0 bridgehead atoms. The minimum atomic E-state index is -0.0595. The van der Waals surface area contributed by atoms with Crippen molar-refractivity contribution in [2.24, 2.45) is 0 Å². The molecule has 4 aliphatic rings. The van der Waals surface area contributed by atoms with Gasteiger partial charge in [-0.05, 0) is 55.4 Å². The van der Waals surface area contributed by atoms with Crippen LogP contribution in [0.4, 0.5) is 29.6 Å². The highest BCUT2D eigenvalue weighted by molar-refractivity contribution is 5.90. The molecule has 21 heteroatoms. The number of piperazine rings is 1. The Labute approximate surface area is 370 Å². The van der Waals surface area contributed by atoms with Crippen molar-refractivity contribution in [3.63, 3.8) is 0 Å². The van der Waals surface area contributed by atoms with Gasteiger partial charge in [0.05, 0.1) is 38.4 Å². The molecule has 9 heterocycles. The van der Waals surface area contributed by atoms with E-state index >= 15 is 0 Å². The molecule has 0 spiro atoms. The number of fused-ring (bicyclic) bond motifs is 2. The van der Waals surface area contributed by atoms with Gasteiger partial charge in [-0.15, -0.1) is 0 Å². The van der Waals surface area contributed by atoms with Crippen LogP contribution in [0.15, 0.2) is 72.5 Å². The van der Waals surface area contributed by atoms with E-state index in [9.17, 15) is 9.59 Å². The molecule has 0 atom stereocenters. The summed E-state index contributed by atoms with van der Waals surface area (Å²) in [5.41, 5.74) is 5.91. The van der Waals surface area contributed by atoms with Crippen molar-refractivity contribution in [3.05, 3.63) is 83.6 Å². The van der Waals surface area contributed by atoms with Gasteiger partial charge in [-0.3, -0.25) is 9.59 Å². The minimum absolute atomic E-state index is 0.0475. The topological polar surface area (TPSA) is 213 Å². The third-order valence-corrected chi connectivity index (χ3v) is 11.2. The predicted molar refractivity (Wildman–Crippen MR) is 245 cm³/mol. The number of likely N-dealkylation sites (N-methyl/N-ethyl adjacent to an activating group) is 1. The van der Waals surface area contributed by atoms with E-state index < -0.39 is 0 Å². The van der Waals surface area contributed by atoms with E-state index in [0.29, 0.717) is 85.6 Å². The molecule has 0 saturated carbocycles. The maximum Gasteiger partial charge on any atom is 0.230 e. The van der Waals surface area contributed by atoms with Crippen LogP contribution in [-0.2, 0) is 19.1 Å². The van der Waals surface area contributed by atoms with Gasteiger partial charge in [-0.25, -0.2) is 4.98 Å². The molecule has 4 saturated heterocycles. The maximum atomic E-state index is 11.8. The SMILES string of the molecule is C=C1NC(=O)C/C1=C\c1cnn2c(NCCOC)nc(N3CCCN(C)CC3)nc12.C=C1NC(=O)C/C1=C\c1cnn2c(NCCOC)nc(N3CCN(c4ccccn4)CC3)nc12. The van der Waals surface area contributed by atoms with Crippen molar-refractivity contribution in [1.82, 2.24) is 59.7 Å². The summed E-state index contributed by atoms with van der Waals surface area (Å²) in [5, 5.41) is 21.1. The average molecular weight is 874 g/mol. The number of nitrogens with zero attached hydrogens (tertiary/aromatic N) is 13. The van der Waals surface area contributed by atoms with Crippen molar-refractivity contribution in [3.8, 4) is 0 Å². The summed E-state index contributed by atoms with van der Waals surface area (Å²) < 4.78 is 13.7. The largest absolute Gasteiger partial charge is 0.383 e. The number of amides is 2. The summed E-state index contributed by atoms with van der Waals surface area (Å²) in [6.07, 6.45) is 10.8. The summed E-state index contributed by atoms with van der Waals surface area (Å²) in [6, 6.07) is 5.95. The van der Waals surface area contributed by atoms with Crippen LogP contribution in [0.25, 0.3) is 23.4 Å². The summed E-state index contributed by atoms with van der Waals surface area (Å²) in [5.74, 6) is 3.39. The van der Waals surface area contributed by atoms with Crippen LogP contribution in [-0.4, -0.2) is 161 Å². The number of nitrogens with one attached hydrogen (secondary N) is 4. The number of aromatic nitrogens is 9. The molecular formula is C43H55N17O4. The number of anilines is 5. The lowest BCUT2D eigenvalue weighted by Crippen LogP contribution is -2.47. The van der Waals surface area contributed by atoms with Crippen molar-refractivity contribution >= 4 is 64.9 Å².